The van der Waals surface area contributed by atoms with E-state index in [-0.39, 0.29) is 0 Å². The Hall–Kier alpha value is -1.74. The maximum atomic E-state index is 5.95. The predicted octanol–water partition coefficient (Wildman–Crippen LogP) is 5.06. The third kappa shape index (κ3) is 3.45. The first kappa shape index (κ1) is 14.8. The quantitative estimate of drug-likeness (QED) is 0.806. The molecule has 3 nitrogen and oxygen atoms in total. The Morgan fingerprint density at radius 3 is 2.30 bits per heavy atom. The zero-order valence-electron chi connectivity index (χ0n) is 13.1. The molecule has 23 heavy (non-hydrogen) atoms. The molecular weight excluding hydrogens is 306 g/mol. The van der Waals surface area contributed by atoms with Crippen molar-refractivity contribution in [2.24, 2.45) is 0 Å². The number of nitrogens with one attached hydrogen (secondary N) is 2. The van der Waals surface area contributed by atoms with Crippen LogP contribution in [0.2, 0.25) is 5.02 Å². The van der Waals surface area contributed by atoms with Crippen LogP contribution < -0.4 is 10.6 Å². The van der Waals surface area contributed by atoms with Gasteiger partial charge < -0.3 is 10.6 Å². The van der Waals surface area contributed by atoms with Gasteiger partial charge in [0.2, 0.25) is 0 Å². The molecule has 0 radical (unpaired) electrons. The van der Waals surface area contributed by atoms with Crippen LogP contribution in [0.15, 0.2) is 42.6 Å². The van der Waals surface area contributed by atoms with Crippen LogP contribution in [0.25, 0.3) is 0 Å². The second-order valence-electron chi connectivity index (χ2n) is 6.77. The van der Waals surface area contributed by atoms with Crippen molar-refractivity contribution in [1.29, 1.82) is 0 Å². The second kappa shape index (κ2) is 6.40. The molecule has 0 spiro atoms. The summed E-state index contributed by atoms with van der Waals surface area (Å²) in [6, 6.07) is 13.6. The molecule has 4 heteroatoms. The summed E-state index contributed by atoms with van der Waals surface area (Å²) >= 11 is 5.95. The number of aromatic nitrogens is 1. The van der Waals surface area contributed by atoms with E-state index < -0.39 is 0 Å². The fourth-order valence-electron chi connectivity index (χ4n) is 3.30. The molecule has 1 aromatic carbocycles. The van der Waals surface area contributed by atoms with Gasteiger partial charge >= 0.3 is 0 Å². The van der Waals surface area contributed by atoms with Gasteiger partial charge in [-0.25, -0.2) is 4.98 Å². The van der Waals surface area contributed by atoms with Gasteiger partial charge in [-0.2, -0.15) is 0 Å². The minimum Gasteiger partial charge on any atom is -0.381 e. The number of nitrogens with zero attached hydrogens (tertiary/aromatic N) is 1. The molecule has 2 aromatic rings. The molecule has 2 fully saturated rings. The van der Waals surface area contributed by atoms with Crippen LogP contribution in [0.1, 0.15) is 43.6 Å². The highest BCUT2D eigenvalue weighted by atomic mass is 35.5. The zero-order chi connectivity index (χ0) is 15.6. The van der Waals surface area contributed by atoms with Crippen molar-refractivity contribution in [3.8, 4) is 0 Å². The zero-order valence-corrected chi connectivity index (χ0v) is 13.9. The predicted molar refractivity (Wildman–Crippen MR) is 96.3 cm³/mol. The molecule has 0 saturated heterocycles. The Bertz CT molecular complexity index is 643. The Labute approximate surface area is 142 Å². The van der Waals surface area contributed by atoms with Gasteiger partial charge in [0.15, 0.2) is 0 Å². The third-order valence-electron chi connectivity index (χ3n) is 5.07. The average molecular weight is 328 g/mol. The molecule has 2 N–H and O–H groups in total. The highest BCUT2D eigenvalue weighted by Crippen LogP contribution is 2.38. The lowest BCUT2D eigenvalue weighted by Gasteiger charge is -2.37. The minimum absolute atomic E-state index is 0.544. The maximum absolute atomic E-state index is 5.95. The van der Waals surface area contributed by atoms with Crippen molar-refractivity contribution in [1.82, 2.24) is 4.98 Å². The van der Waals surface area contributed by atoms with E-state index >= 15 is 0 Å². The Kier molecular flexibility index (Phi) is 4.13. The first-order valence-corrected chi connectivity index (χ1v) is 8.88. The van der Waals surface area contributed by atoms with E-state index in [9.17, 15) is 0 Å². The molecule has 2 saturated carbocycles. The van der Waals surface area contributed by atoms with Gasteiger partial charge in [0.25, 0.3) is 0 Å². The molecule has 0 amide bonds. The topological polar surface area (TPSA) is 37.0 Å². The van der Waals surface area contributed by atoms with E-state index in [1.165, 1.54) is 37.7 Å². The summed E-state index contributed by atoms with van der Waals surface area (Å²) in [7, 11) is 0. The lowest BCUT2D eigenvalue weighted by atomic mass is 9.76. The van der Waals surface area contributed by atoms with E-state index in [0.29, 0.717) is 18.0 Å². The first-order chi connectivity index (χ1) is 11.3. The molecule has 120 valence electrons. The van der Waals surface area contributed by atoms with Crippen molar-refractivity contribution in [3.63, 3.8) is 0 Å². The van der Waals surface area contributed by atoms with E-state index in [0.717, 1.165) is 16.5 Å². The third-order valence-corrected chi connectivity index (χ3v) is 5.32. The monoisotopic (exact) mass is 327 g/mol. The molecule has 4 rings (SSSR count). The standard InChI is InChI=1S/C19H22ClN3/c20-15-6-4-13(5-7-15)14-10-18(11-14)22-17-8-9-19(21-12-17)23-16-2-1-3-16/h4-9,12,14,16,18,22H,1-3,10-11H2,(H,21,23). The summed E-state index contributed by atoms with van der Waals surface area (Å²) in [4.78, 5) is 4.51. The van der Waals surface area contributed by atoms with Gasteiger partial charge in [0.1, 0.15) is 5.82 Å². The van der Waals surface area contributed by atoms with Crippen LogP contribution in [0.5, 0.6) is 0 Å². The highest BCUT2D eigenvalue weighted by molar-refractivity contribution is 6.30. The number of halogens is 1. The van der Waals surface area contributed by atoms with Gasteiger partial charge in [0, 0.05) is 17.1 Å². The van der Waals surface area contributed by atoms with Crippen LogP contribution in [0.3, 0.4) is 0 Å². The van der Waals surface area contributed by atoms with Crippen molar-refractivity contribution in [2.45, 2.75) is 50.1 Å². The summed E-state index contributed by atoms with van der Waals surface area (Å²) < 4.78 is 0. The van der Waals surface area contributed by atoms with Crippen LogP contribution in [0, 0.1) is 0 Å². The number of rotatable bonds is 5. The second-order valence-corrected chi connectivity index (χ2v) is 7.20. The van der Waals surface area contributed by atoms with Crippen molar-refractivity contribution in [2.75, 3.05) is 10.6 Å². The van der Waals surface area contributed by atoms with E-state index in [2.05, 4.69) is 39.9 Å². The largest absolute Gasteiger partial charge is 0.381 e. The van der Waals surface area contributed by atoms with Gasteiger partial charge in [-0.15, -0.1) is 0 Å². The molecule has 0 bridgehead atoms. The number of pyridine rings is 1. The molecule has 2 aliphatic carbocycles. The van der Waals surface area contributed by atoms with Gasteiger partial charge in [-0.1, -0.05) is 23.7 Å². The molecule has 0 aliphatic heterocycles. The fraction of sp³-hybridized carbons (Fsp3) is 0.421. The van der Waals surface area contributed by atoms with Crippen molar-refractivity contribution >= 4 is 23.1 Å². The molecule has 0 atom stereocenters. The Morgan fingerprint density at radius 1 is 0.913 bits per heavy atom. The fourth-order valence-corrected chi connectivity index (χ4v) is 3.43. The van der Waals surface area contributed by atoms with Crippen LogP contribution >= 0.6 is 11.6 Å². The summed E-state index contributed by atoms with van der Waals surface area (Å²) in [5.74, 6) is 1.64. The number of anilines is 2. The first-order valence-electron chi connectivity index (χ1n) is 8.51. The van der Waals surface area contributed by atoms with Crippen LogP contribution in [0.4, 0.5) is 11.5 Å². The van der Waals surface area contributed by atoms with Gasteiger partial charge in [-0.05, 0) is 67.9 Å². The van der Waals surface area contributed by atoms with Crippen molar-refractivity contribution in [3.05, 3.63) is 53.2 Å². The average Bonchev–Trinajstić information content (AvgIpc) is 2.49. The Balaban J connectivity index is 1.27. The minimum atomic E-state index is 0.544. The molecule has 2 aliphatic rings. The summed E-state index contributed by atoms with van der Waals surface area (Å²) in [6.45, 7) is 0. The van der Waals surface area contributed by atoms with Crippen LogP contribution in [-0.4, -0.2) is 17.1 Å². The lowest BCUT2D eigenvalue weighted by molar-refractivity contribution is 0.374. The summed E-state index contributed by atoms with van der Waals surface area (Å²) in [5, 5.41) is 7.86. The molecular formula is C19H22ClN3. The molecule has 1 heterocycles. The van der Waals surface area contributed by atoms with Crippen LogP contribution in [-0.2, 0) is 0 Å². The number of hydrogen-bond donors (Lipinski definition) is 2. The van der Waals surface area contributed by atoms with E-state index in [4.69, 9.17) is 11.6 Å². The normalized spacial score (nSPS) is 23.7. The number of benzene rings is 1. The molecule has 1 aromatic heterocycles. The maximum Gasteiger partial charge on any atom is 0.126 e. The van der Waals surface area contributed by atoms with Gasteiger partial charge in [0.05, 0.1) is 11.9 Å². The summed E-state index contributed by atoms with van der Waals surface area (Å²) in [5.41, 5.74) is 2.51. The Morgan fingerprint density at radius 2 is 1.70 bits per heavy atom. The lowest BCUT2D eigenvalue weighted by Crippen LogP contribution is -2.34. The van der Waals surface area contributed by atoms with Crippen molar-refractivity contribution < 1.29 is 0 Å². The number of hydrogen-bond acceptors (Lipinski definition) is 3. The van der Waals surface area contributed by atoms with Gasteiger partial charge in [-0.3, -0.25) is 0 Å². The highest BCUT2D eigenvalue weighted by Gasteiger charge is 2.30. The smallest absolute Gasteiger partial charge is 0.126 e. The van der Waals surface area contributed by atoms with E-state index in [1.54, 1.807) is 0 Å². The molecule has 0 unspecified atom stereocenters. The SMILES string of the molecule is Clc1ccc(C2CC(Nc3ccc(NC4CCC4)nc3)C2)cc1. The summed E-state index contributed by atoms with van der Waals surface area (Å²) in [6.07, 6.45) is 8.17. The van der Waals surface area contributed by atoms with E-state index in [1.807, 2.05) is 18.3 Å².